The average molecular weight is 359 g/mol. The highest BCUT2D eigenvalue weighted by Crippen LogP contribution is 2.24. The lowest BCUT2D eigenvalue weighted by Gasteiger charge is -2.23. The molecule has 0 saturated heterocycles. The molecule has 27 heavy (non-hydrogen) atoms. The number of anilines is 2. The quantitative estimate of drug-likeness (QED) is 0.710. The molecule has 3 N–H and O–H groups in total. The Balaban J connectivity index is 1.73. The second-order valence-corrected chi connectivity index (χ2v) is 6.01. The van der Waals surface area contributed by atoms with Gasteiger partial charge < -0.3 is 11.1 Å². The molecule has 0 unspecified atom stereocenters. The SMILES string of the molecule is N[C@@H](C(=O)NCC(=O)N(c1ccccc1)c1ccccc1)c1ccccc1. The van der Waals surface area contributed by atoms with Crippen LogP contribution in [0.5, 0.6) is 0 Å². The third-order valence-electron chi connectivity index (χ3n) is 4.13. The van der Waals surface area contributed by atoms with Crippen molar-refractivity contribution in [2.45, 2.75) is 6.04 Å². The molecular formula is C22H21N3O2. The molecule has 1 atom stereocenters. The summed E-state index contributed by atoms with van der Waals surface area (Å²) in [6.07, 6.45) is 0. The molecule has 3 rings (SSSR count). The number of hydrogen-bond donors (Lipinski definition) is 2. The van der Waals surface area contributed by atoms with Gasteiger partial charge >= 0.3 is 0 Å². The van der Waals surface area contributed by atoms with Crippen LogP contribution >= 0.6 is 0 Å². The normalized spacial score (nSPS) is 11.4. The maximum atomic E-state index is 12.9. The molecule has 0 bridgehead atoms. The topological polar surface area (TPSA) is 75.4 Å². The minimum atomic E-state index is -0.819. The second-order valence-electron chi connectivity index (χ2n) is 6.01. The molecule has 0 radical (unpaired) electrons. The number of carbonyl (C=O) groups is 2. The Bertz CT molecular complexity index is 844. The minimum absolute atomic E-state index is 0.150. The van der Waals surface area contributed by atoms with Crippen LogP contribution in [0.1, 0.15) is 11.6 Å². The molecule has 0 aromatic heterocycles. The van der Waals surface area contributed by atoms with Crippen molar-refractivity contribution >= 4 is 23.2 Å². The molecular weight excluding hydrogens is 338 g/mol. The smallest absolute Gasteiger partial charge is 0.250 e. The third kappa shape index (κ3) is 4.59. The van der Waals surface area contributed by atoms with E-state index in [1.807, 2.05) is 78.9 Å². The zero-order valence-electron chi connectivity index (χ0n) is 14.8. The van der Waals surface area contributed by atoms with Gasteiger partial charge in [-0.25, -0.2) is 0 Å². The van der Waals surface area contributed by atoms with Gasteiger partial charge in [0.1, 0.15) is 6.04 Å². The molecule has 136 valence electrons. The standard InChI is InChI=1S/C22H21N3O2/c23-21(17-10-4-1-5-11-17)22(27)24-16-20(26)25(18-12-6-2-7-13-18)19-14-8-3-9-15-19/h1-15,21H,16,23H2,(H,24,27)/t21-/m1/s1. The Morgan fingerprint density at radius 2 is 1.22 bits per heavy atom. The number of hydrogen-bond acceptors (Lipinski definition) is 3. The molecule has 5 nitrogen and oxygen atoms in total. The summed E-state index contributed by atoms with van der Waals surface area (Å²) in [6.45, 7) is -0.150. The molecule has 0 saturated carbocycles. The fraction of sp³-hybridized carbons (Fsp3) is 0.0909. The molecule has 2 amide bonds. The first-order valence-electron chi connectivity index (χ1n) is 8.68. The summed E-state index contributed by atoms with van der Waals surface area (Å²) in [5.74, 6) is -0.642. The van der Waals surface area contributed by atoms with Crippen LogP contribution in [0.2, 0.25) is 0 Å². The largest absolute Gasteiger partial charge is 0.345 e. The van der Waals surface area contributed by atoms with E-state index in [-0.39, 0.29) is 12.5 Å². The van der Waals surface area contributed by atoms with Gasteiger partial charge in [-0.3, -0.25) is 14.5 Å². The predicted octanol–water partition coefficient (Wildman–Crippen LogP) is 3.17. The Morgan fingerprint density at radius 1 is 0.778 bits per heavy atom. The van der Waals surface area contributed by atoms with Gasteiger partial charge in [-0.15, -0.1) is 0 Å². The van der Waals surface area contributed by atoms with E-state index in [0.29, 0.717) is 5.56 Å². The monoisotopic (exact) mass is 359 g/mol. The first kappa shape index (κ1) is 18.4. The predicted molar refractivity (Wildman–Crippen MR) is 106 cm³/mol. The Hall–Kier alpha value is -3.44. The third-order valence-corrected chi connectivity index (χ3v) is 4.13. The summed E-state index contributed by atoms with van der Waals surface area (Å²) in [5, 5.41) is 2.65. The van der Waals surface area contributed by atoms with Gasteiger partial charge in [-0.1, -0.05) is 66.7 Å². The van der Waals surface area contributed by atoms with E-state index in [2.05, 4.69) is 5.32 Å². The Labute approximate surface area is 158 Å². The number of nitrogens with one attached hydrogen (secondary N) is 1. The minimum Gasteiger partial charge on any atom is -0.345 e. The second kappa shape index (κ2) is 8.78. The summed E-state index contributed by atoms with van der Waals surface area (Å²) >= 11 is 0. The summed E-state index contributed by atoms with van der Waals surface area (Å²) in [4.78, 5) is 26.8. The summed E-state index contributed by atoms with van der Waals surface area (Å²) in [7, 11) is 0. The molecule has 0 aliphatic rings. The Morgan fingerprint density at radius 3 is 1.70 bits per heavy atom. The van der Waals surface area contributed by atoms with Crippen molar-refractivity contribution in [1.82, 2.24) is 5.32 Å². The lowest BCUT2D eigenvalue weighted by molar-refractivity contribution is -0.125. The van der Waals surface area contributed by atoms with Gasteiger partial charge in [0.2, 0.25) is 5.91 Å². The lowest BCUT2D eigenvalue weighted by Crippen LogP contribution is -2.41. The molecule has 5 heteroatoms. The number of amides is 2. The maximum Gasteiger partial charge on any atom is 0.250 e. The fourth-order valence-electron chi connectivity index (χ4n) is 2.75. The van der Waals surface area contributed by atoms with Gasteiger partial charge in [-0.05, 0) is 29.8 Å². The highest BCUT2D eigenvalue weighted by Gasteiger charge is 2.21. The zero-order valence-corrected chi connectivity index (χ0v) is 14.8. The van der Waals surface area contributed by atoms with Crippen molar-refractivity contribution < 1.29 is 9.59 Å². The number of nitrogens with two attached hydrogens (primary N) is 1. The van der Waals surface area contributed by atoms with Crippen LogP contribution in [-0.4, -0.2) is 18.4 Å². The van der Waals surface area contributed by atoms with Gasteiger partial charge in [0.15, 0.2) is 0 Å². The van der Waals surface area contributed by atoms with E-state index in [1.54, 1.807) is 17.0 Å². The van der Waals surface area contributed by atoms with E-state index in [9.17, 15) is 9.59 Å². The van der Waals surface area contributed by atoms with Crippen LogP contribution in [0.25, 0.3) is 0 Å². The van der Waals surface area contributed by atoms with E-state index < -0.39 is 11.9 Å². The number of benzene rings is 3. The summed E-state index contributed by atoms with van der Waals surface area (Å²) in [6, 6.07) is 26.9. The Kier molecular flexibility index (Phi) is 5.97. The van der Waals surface area contributed by atoms with Crippen molar-refractivity contribution in [2.24, 2.45) is 5.73 Å². The summed E-state index contributed by atoms with van der Waals surface area (Å²) < 4.78 is 0. The molecule has 3 aromatic rings. The van der Waals surface area contributed by atoms with E-state index >= 15 is 0 Å². The number of carbonyl (C=O) groups excluding carboxylic acids is 2. The van der Waals surface area contributed by atoms with Crippen LogP contribution < -0.4 is 16.0 Å². The van der Waals surface area contributed by atoms with E-state index in [0.717, 1.165) is 11.4 Å². The van der Waals surface area contributed by atoms with Crippen LogP contribution in [0.3, 0.4) is 0 Å². The fourth-order valence-corrected chi connectivity index (χ4v) is 2.75. The first-order chi connectivity index (χ1) is 13.2. The van der Waals surface area contributed by atoms with Crippen LogP contribution in [0, 0.1) is 0 Å². The van der Waals surface area contributed by atoms with Gasteiger partial charge in [-0.2, -0.15) is 0 Å². The van der Waals surface area contributed by atoms with Crippen molar-refractivity contribution in [3.05, 3.63) is 96.6 Å². The maximum absolute atomic E-state index is 12.9. The van der Waals surface area contributed by atoms with Gasteiger partial charge in [0, 0.05) is 11.4 Å². The van der Waals surface area contributed by atoms with E-state index in [1.165, 1.54) is 0 Å². The van der Waals surface area contributed by atoms with Crippen LogP contribution in [0.15, 0.2) is 91.0 Å². The lowest BCUT2D eigenvalue weighted by atomic mass is 10.1. The van der Waals surface area contributed by atoms with Crippen LogP contribution in [0.4, 0.5) is 11.4 Å². The molecule has 0 heterocycles. The number of rotatable bonds is 6. The van der Waals surface area contributed by atoms with Crippen molar-refractivity contribution in [1.29, 1.82) is 0 Å². The van der Waals surface area contributed by atoms with E-state index in [4.69, 9.17) is 5.73 Å². The van der Waals surface area contributed by atoms with Crippen molar-refractivity contribution in [3.8, 4) is 0 Å². The molecule has 0 spiro atoms. The molecule has 0 aliphatic carbocycles. The highest BCUT2D eigenvalue weighted by molar-refractivity contribution is 6.03. The van der Waals surface area contributed by atoms with Gasteiger partial charge in [0.05, 0.1) is 6.54 Å². The molecule has 0 fully saturated rings. The number of nitrogens with zero attached hydrogens (tertiary/aromatic N) is 1. The molecule has 3 aromatic carbocycles. The zero-order chi connectivity index (χ0) is 19.1. The highest BCUT2D eigenvalue weighted by atomic mass is 16.2. The van der Waals surface area contributed by atoms with Crippen molar-refractivity contribution in [3.63, 3.8) is 0 Å². The molecule has 0 aliphatic heterocycles. The average Bonchev–Trinajstić information content (AvgIpc) is 2.74. The number of para-hydroxylation sites is 2. The first-order valence-corrected chi connectivity index (χ1v) is 8.68. The van der Waals surface area contributed by atoms with Crippen molar-refractivity contribution in [2.75, 3.05) is 11.4 Å². The van der Waals surface area contributed by atoms with Crippen LogP contribution in [-0.2, 0) is 9.59 Å². The van der Waals surface area contributed by atoms with Gasteiger partial charge in [0.25, 0.3) is 5.91 Å². The summed E-state index contributed by atoms with van der Waals surface area (Å²) in [5.41, 5.74) is 8.15.